The fourth-order valence-corrected chi connectivity index (χ4v) is 3.95. The highest BCUT2D eigenvalue weighted by Crippen LogP contribution is 2.32. The van der Waals surface area contributed by atoms with Crippen LogP contribution in [-0.4, -0.2) is 37.9 Å². The zero-order chi connectivity index (χ0) is 19.7. The molecule has 0 bridgehead atoms. The van der Waals surface area contributed by atoms with Gasteiger partial charge in [0, 0.05) is 24.4 Å². The molecule has 3 aromatic rings. The quantitative estimate of drug-likeness (QED) is 0.374. The minimum absolute atomic E-state index is 0.00906. The summed E-state index contributed by atoms with van der Waals surface area (Å²) in [5.41, 5.74) is 3.65. The van der Waals surface area contributed by atoms with Crippen LogP contribution in [0.3, 0.4) is 0 Å². The maximum Gasteiger partial charge on any atom is 0.271 e. The number of hydrogen-bond acceptors (Lipinski definition) is 6. The van der Waals surface area contributed by atoms with Crippen LogP contribution in [0.2, 0.25) is 0 Å². The smallest absolute Gasteiger partial charge is 0.271 e. The van der Waals surface area contributed by atoms with Gasteiger partial charge in [-0.3, -0.25) is 19.5 Å². The number of thioether (sulfide) groups is 1. The van der Waals surface area contributed by atoms with Gasteiger partial charge in [0.1, 0.15) is 6.33 Å². The molecule has 1 aliphatic heterocycles. The Labute approximate surface area is 165 Å². The number of nitro groups is 1. The molecule has 0 unspecified atom stereocenters. The van der Waals surface area contributed by atoms with Crippen molar-refractivity contribution in [1.29, 1.82) is 0 Å². The highest BCUT2D eigenvalue weighted by Gasteiger charge is 2.27. The van der Waals surface area contributed by atoms with Gasteiger partial charge < -0.3 is 4.90 Å². The third-order valence-corrected chi connectivity index (χ3v) is 5.56. The summed E-state index contributed by atoms with van der Waals surface area (Å²) in [5.74, 6) is 0.0647. The molecule has 28 heavy (non-hydrogen) atoms. The Balaban J connectivity index is 1.49. The van der Waals surface area contributed by atoms with Crippen LogP contribution in [-0.2, 0) is 11.2 Å². The molecule has 2 heterocycles. The maximum atomic E-state index is 12.8. The summed E-state index contributed by atoms with van der Waals surface area (Å²) >= 11 is 1.30. The topological polar surface area (TPSA) is 94.2 Å². The van der Waals surface area contributed by atoms with Crippen molar-refractivity contribution < 1.29 is 9.72 Å². The first kappa shape index (κ1) is 18.2. The van der Waals surface area contributed by atoms with Crippen LogP contribution in [0.25, 0.3) is 5.69 Å². The minimum atomic E-state index is -0.444. The summed E-state index contributed by atoms with van der Waals surface area (Å²) in [6, 6.07) is 12.6. The molecule has 142 valence electrons. The highest BCUT2D eigenvalue weighted by atomic mass is 32.2. The summed E-state index contributed by atoms with van der Waals surface area (Å²) in [4.78, 5) is 25.0. The van der Waals surface area contributed by atoms with E-state index in [1.54, 1.807) is 17.3 Å². The van der Waals surface area contributed by atoms with Gasteiger partial charge in [0.2, 0.25) is 5.91 Å². The lowest BCUT2D eigenvalue weighted by Gasteiger charge is -2.17. The summed E-state index contributed by atoms with van der Waals surface area (Å²) < 4.78 is 1.83. The van der Waals surface area contributed by atoms with Crippen molar-refractivity contribution in [3.8, 4) is 5.69 Å². The standard InChI is InChI=1S/C19H17N5O3S/c1-13-2-5-15(6-3-13)23-12-20-21-19(23)28-11-18(25)22-9-8-14-4-7-16(24(26)27)10-17(14)22/h2-7,10,12H,8-9,11H2,1H3. The average molecular weight is 395 g/mol. The predicted molar refractivity (Wildman–Crippen MR) is 106 cm³/mol. The van der Waals surface area contributed by atoms with Crippen molar-refractivity contribution in [3.05, 3.63) is 70.0 Å². The van der Waals surface area contributed by atoms with Gasteiger partial charge in [0.05, 0.1) is 16.4 Å². The van der Waals surface area contributed by atoms with Crippen molar-refractivity contribution in [1.82, 2.24) is 14.8 Å². The average Bonchev–Trinajstić information content (AvgIpc) is 3.33. The number of rotatable bonds is 5. The third-order valence-electron chi connectivity index (χ3n) is 4.63. The molecule has 8 nitrogen and oxygen atoms in total. The van der Waals surface area contributed by atoms with Gasteiger partial charge >= 0.3 is 0 Å². The second-order valence-corrected chi connectivity index (χ2v) is 7.42. The Morgan fingerprint density at radius 3 is 2.79 bits per heavy atom. The number of benzene rings is 2. The molecule has 9 heteroatoms. The number of carbonyl (C=O) groups excluding carboxylic acids is 1. The van der Waals surface area contributed by atoms with E-state index in [1.807, 2.05) is 35.8 Å². The van der Waals surface area contributed by atoms with Crippen LogP contribution in [0.15, 0.2) is 53.9 Å². The molecule has 0 atom stereocenters. The lowest BCUT2D eigenvalue weighted by atomic mass is 10.1. The van der Waals surface area contributed by atoms with Crippen molar-refractivity contribution >= 4 is 29.0 Å². The zero-order valence-corrected chi connectivity index (χ0v) is 15.9. The van der Waals surface area contributed by atoms with Crippen LogP contribution >= 0.6 is 11.8 Å². The van der Waals surface area contributed by atoms with E-state index < -0.39 is 4.92 Å². The Hall–Kier alpha value is -3.20. The Morgan fingerprint density at radius 2 is 2.04 bits per heavy atom. The molecule has 0 aliphatic carbocycles. The Morgan fingerprint density at radius 1 is 1.25 bits per heavy atom. The molecule has 0 fully saturated rings. The molecule has 1 aliphatic rings. The largest absolute Gasteiger partial charge is 0.311 e. The molecular weight excluding hydrogens is 378 g/mol. The van der Waals surface area contributed by atoms with Gasteiger partial charge in [-0.2, -0.15) is 0 Å². The zero-order valence-electron chi connectivity index (χ0n) is 15.1. The van der Waals surface area contributed by atoms with Crippen molar-refractivity contribution in [2.24, 2.45) is 0 Å². The Bertz CT molecular complexity index is 1050. The van der Waals surface area contributed by atoms with Gasteiger partial charge in [-0.15, -0.1) is 10.2 Å². The number of amides is 1. The normalized spacial score (nSPS) is 12.8. The second kappa shape index (κ2) is 7.43. The minimum Gasteiger partial charge on any atom is -0.311 e. The van der Waals surface area contributed by atoms with Crippen LogP contribution < -0.4 is 4.90 Å². The molecule has 0 N–H and O–H groups in total. The number of fused-ring (bicyclic) bond motifs is 1. The first-order valence-electron chi connectivity index (χ1n) is 8.70. The predicted octanol–water partition coefficient (Wildman–Crippen LogP) is 3.17. The van der Waals surface area contributed by atoms with E-state index >= 15 is 0 Å². The molecule has 0 spiro atoms. The van der Waals surface area contributed by atoms with Crippen LogP contribution in [0.1, 0.15) is 11.1 Å². The lowest BCUT2D eigenvalue weighted by Crippen LogP contribution is -2.30. The van der Waals surface area contributed by atoms with Crippen LogP contribution in [0, 0.1) is 17.0 Å². The summed E-state index contributed by atoms with van der Waals surface area (Å²) in [6.45, 7) is 2.54. The first-order valence-corrected chi connectivity index (χ1v) is 9.69. The maximum absolute atomic E-state index is 12.8. The lowest BCUT2D eigenvalue weighted by molar-refractivity contribution is -0.384. The van der Waals surface area contributed by atoms with Gasteiger partial charge in [-0.05, 0) is 31.0 Å². The molecule has 0 radical (unpaired) electrons. The molecule has 1 aromatic heterocycles. The van der Waals surface area contributed by atoms with Gasteiger partial charge in [-0.1, -0.05) is 35.5 Å². The van der Waals surface area contributed by atoms with Crippen LogP contribution in [0.5, 0.6) is 0 Å². The fourth-order valence-electron chi connectivity index (χ4n) is 3.15. The number of aryl methyl sites for hydroxylation is 1. The summed E-state index contributed by atoms with van der Waals surface area (Å²) in [7, 11) is 0. The first-order chi connectivity index (χ1) is 13.5. The van der Waals surface area contributed by atoms with Crippen molar-refractivity contribution in [2.75, 3.05) is 17.2 Å². The van der Waals surface area contributed by atoms with Gasteiger partial charge in [0.25, 0.3) is 5.69 Å². The number of hydrogen-bond donors (Lipinski definition) is 0. The number of nitro benzene ring substituents is 1. The number of non-ortho nitro benzene ring substituents is 1. The monoisotopic (exact) mass is 395 g/mol. The van der Waals surface area contributed by atoms with E-state index in [-0.39, 0.29) is 17.3 Å². The number of carbonyl (C=O) groups is 1. The fraction of sp³-hybridized carbons (Fsp3) is 0.211. The molecule has 4 rings (SSSR count). The third kappa shape index (κ3) is 3.48. The SMILES string of the molecule is Cc1ccc(-n2cnnc2SCC(=O)N2CCc3ccc([N+](=O)[O-])cc32)cc1. The summed E-state index contributed by atoms with van der Waals surface area (Å²) in [5, 5.41) is 19.7. The molecule has 1 amide bonds. The molecule has 2 aromatic carbocycles. The van der Waals surface area contributed by atoms with Crippen molar-refractivity contribution in [3.63, 3.8) is 0 Å². The number of nitrogens with zero attached hydrogens (tertiary/aromatic N) is 5. The number of aromatic nitrogens is 3. The van der Waals surface area contributed by atoms with Crippen LogP contribution in [0.4, 0.5) is 11.4 Å². The molecular formula is C19H17N5O3S. The van der Waals surface area contributed by atoms with E-state index in [4.69, 9.17) is 0 Å². The highest BCUT2D eigenvalue weighted by molar-refractivity contribution is 7.99. The van der Waals surface area contributed by atoms with E-state index in [2.05, 4.69) is 10.2 Å². The van der Waals surface area contributed by atoms with E-state index in [0.29, 0.717) is 23.8 Å². The van der Waals surface area contributed by atoms with E-state index in [9.17, 15) is 14.9 Å². The molecule has 0 saturated carbocycles. The number of anilines is 1. The second-order valence-electron chi connectivity index (χ2n) is 6.47. The summed E-state index contributed by atoms with van der Waals surface area (Å²) in [6.07, 6.45) is 2.31. The Kier molecular flexibility index (Phi) is 4.82. The van der Waals surface area contributed by atoms with Gasteiger partial charge in [0.15, 0.2) is 5.16 Å². The van der Waals surface area contributed by atoms with Gasteiger partial charge in [-0.25, -0.2) is 0 Å². The van der Waals surface area contributed by atoms with E-state index in [1.165, 1.54) is 23.9 Å². The van der Waals surface area contributed by atoms with Crippen molar-refractivity contribution in [2.45, 2.75) is 18.5 Å². The molecule has 0 saturated heterocycles. The van der Waals surface area contributed by atoms with E-state index in [0.717, 1.165) is 16.8 Å².